The van der Waals surface area contributed by atoms with Gasteiger partial charge < -0.3 is 10.1 Å². The van der Waals surface area contributed by atoms with Crippen LogP contribution in [0.2, 0.25) is 0 Å². The molecule has 0 aromatic heterocycles. The summed E-state index contributed by atoms with van der Waals surface area (Å²) in [5.41, 5.74) is 2.77. The molecule has 0 saturated carbocycles. The van der Waals surface area contributed by atoms with Crippen LogP contribution in [0.3, 0.4) is 0 Å². The molecule has 0 aliphatic heterocycles. The average molecular weight is 388 g/mol. The first-order valence-corrected chi connectivity index (χ1v) is 10.1. The second-order valence-corrected chi connectivity index (χ2v) is 7.53. The third-order valence-corrected chi connectivity index (χ3v) is 4.89. The van der Waals surface area contributed by atoms with E-state index in [2.05, 4.69) is 10.0 Å². The fourth-order valence-corrected chi connectivity index (χ4v) is 3.21. The molecule has 1 amide bonds. The number of nitrogens with one attached hydrogen (secondary N) is 2. The van der Waals surface area contributed by atoms with Gasteiger partial charge in [0.05, 0.1) is 6.61 Å². The van der Waals surface area contributed by atoms with Crippen LogP contribution >= 0.6 is 0 Å². The SMILES string of the molecule is COCc1ccccc1CNC(=O)CCNS(=O)(=O)/C=C/c1ccccc1. The molecule has 27 heavy (non-hydrogen) atoms. The minimum Gasteiger partial charge on any atom is -0.380 e. The Morgan fingerprint density at radius 1 is 1.04 bits per heavy atom. The van der Waals surface area contributed by atoms with E-state index >= 15 is 0 Å². The van der Waals surface area contributed by atoms with Crippen LogP contribution in [0.5, 0.6) is 0 Å². The standard InChI is InChI=1S/C20H24N2O4S/c1-26-16-19-10-6-5-9-18(19)15-21-20(23)11-13-22-27(24,25)14-12-17-7-3-2-4-8-17/h2-10,12,14,22H,11,13,15-16H2,1H3,(H,21,23)/b14-12+. The van der Waals surface area contributed by atoms with Crippen LogP contribution < -0.4 is 10.0 Å². The number of sulfonamides is 1. The topological polar surface area (TPSA) is 84.5 Å². The van der Waals surface area contributed by atoms with Gasteiger partial charge >= 0.3 is 0 Å². The molecule has 2 rings (SSSR count). The lowest BCUT2D eigenvalue weighted by atomic mass is 10.1. The Hall–Kier alpha value is -2.48. The highest BCUT2D eigenvalue weighted by atomic mass is 32.2. The van der Waals surface area contributed by atoms with Crippen molar-refractivity contribution in [2.75, 3.05) is 13.7 Å². The summed E-state index contributed by atoms with van der Waals surface area (Å²) in [4.78, 5) is 12.0. The number of hydrogen-bond acceptors (Lipinski definition) is 4. The molecule has 0 aliphatic rings. The average Bonchev–Trinajstić information content (AvgIpc) is 2.67. The van der Waals surface area contributed by atoms with Crippen molar-refractivity contribution in [3.63, 3.8) is 0 Å². The maximum Gasteiger partial charge on any atom is 0.233 e. The summed E-state index contributed by atoms with van der Waals surface area (Å²) in [5, 5.41) is 3.89. The van der Waals surface area contributed by atoms with E-state index in [9.17, 15) is 13.2 Å². The van der Waals surface area contributed by atoms with Crippen LogP contribution in [0, 0.1) is 0 Å². The molecular weight excluding hydrogens is 364 g/mol. The van der Waals surface area contributed by atoms with Crippen LogP contribution in [-0.2, 0) is 32.7 Å². The zero-order valence-electron chi connectivity index (χ0n) is 15.2. The normalized spacial score (nSPS) is 11.6. The quantitative estimate of drug-likeness (QED) is 0.655. The molecule has 0 bridgehead atoms. The van der Waals surface area contributed by atoms with Gasteiger partial charge in [-0.1, -0.05) is 54.6 Å². The summed E-state index contributed by atoms with van der Waals surface area (Å²) in [6, 6.07) is 16.8. The molecule has 2 aromatic carbocycles. The van der Waals surface area contributed by atoms with Gasteiger partial charge in [0.2, 0.25) is 15.9 Å². The molecule has 0 atom stereocenters. The first-order valence-electron chi connectivity index (χ1n) is 8.55. The second kappa shape index (κ2) is 10.6. The van der Waals surface area contributed by atoms with Crippen LogP contribution in [0.4, 0.5) is 0 Å². The number of carbonyl (C=O) groups excluding carboxylic acids is 1. The summed E-state index contributed by atoms with van der Waals surface area (Å²) in [6.07, 6.45) is 1.57. The van der Waals surface area contributed by atoms with Crippen LogP contribution in [-0.4, -0.2) is 28.0 Å². The smallest absolute Gasteiger partial charge is 0.233 e. The Labute approximate surface area is 160 Å². The number of benzene rings is 2. The monoisotopic (exact) mass is 388 g/mol. The molecule has 144 valence electrons. The van der Waals surface area contributed by atoms with Crippen LogP contribution in [0.1, 0.15) is 23.1 Å². The molecule has 0 saturated heterocycles. The summed E-state index contributed by atoms with van der Waals surface area (Å²) < 4.78 is 31.4. The largest absolute Gasteiger partial charge is 0.380 e. The lowest BCUT2D eigenvalue weighted by Gasteiger charge is -2.10. The predicted molar refractivity (Wildman–Crippen MR) is 106 cm³/mol. The van der Waals surface area contributed by atoms with Gasteiger partial charge in [0.25, 0.3) is 0 Å². The van der Waals surface area contributed by atoms with E-state index in [1.807, 2.05) is 42.5 Å². The third-order valence-electron chi connectivity index (χ3n) is 3.79. The van der Waals surface area contributed by atoms with Crippen LogP contribution in [0.15, 0.2) is 60.0 Å². The lowest BCUT2D eigenvalue weighted by Crippen LogP contribution is -2.29. The molecule has 0 aliphatic carbocycles. The molecule has 2 aromatic rings. The minimum atomic E-state index is -3.58. The zero-order valence-corrected chi connectivity index (χ0v) is 16.0. The fourth-order valence-electron chi connectivity index (χ4n) is 2.40. The van der Waals surface area contributed by atoms with Gasteiger partial charge in [-0.3, -0.25) is 4.79 Å². The van der Waals surface area contributed by atoms with Gasteiger partial charge in [0, 0.05) is 32.0 Å². The maximum absolute atomic E-state index is 12.0. The molecule has 2 N–H and O–H groups in total. The van der Waals surface area contributed by atoms with E-state index in [1.165, 1.54) is 6.08 Å². The van der Waals surface area contributed by atoms with Gasteiger partial charge in [-0.05, 0) is 22.8 Å². The summed E-state index contributed by atoms with van der Waals surface area (Å²) in [5.74, 6) is -0.225. The van der Waals surface area contributed by atoms with Crippen LogP contribution in [0.25, 0.3) is 6.08 Å². The lowest BCUT2D eigenvalue weighted by molar-refractivity contribution is -0.121. The van der Waals surface area contributed by atoms with E-state index in [-0.39, 0.29) is 18.9 Å². The van der Waals surface area contributed by atoms with E-state index < -0.39 is 10.0 Å². The number of rotatable bonds is 10. The molecule has 0 heterocycles. The van der Waals surface area contributed by atoms with Crippen molar-refractivity contribution in [1.29, 1.82) is 0 Å². The molecule has 6 nitrogen and oxygen atoms in total. The molecule has 0 spiro atoms. The van der Waals surface area contributed by atoms with Gasteiger partial charge in [-0.25, -0.2) is 13.1 Å². The van der Waals surface area contributed by atoms with Crippen molar-refractivity contribution in [2.24, 2.45) is 0 Å². The molecule has 0 fully saturated rings. The zero-order chi connectivity index (χ0) is 19.5. The molecule has 0 unspecified atom stereocenters. The summed E-state index contributed by atoms with van der Waals surface area (Å²) in [7, 11) is -1.96. The third kappa shape index (κ3) is 7.74. The van der Waals surface area contributed by atoms with E-state index in [1.54, 1.807) is 19.2 Å². The van der Waals surface area contributed by atoms with Crippen molar-refractivity contribution in [2.45, 2.75) is 19.6 Å². The highest BCUT2D eigenvalue weighted by molar-refractivity contribution is 7.92. The van der Waals surface area contributed by atoms with Gasteiger partial charge in [-0.15, -0.1) is 0 Å². The van der Waals surface area contributed by atoms with Crippen molar-refractivity contribution >= 4 is 22.0 Å². The Bertz CT molecular complexity index is 865. The Balaban J connectivity index is 1.76. The number of hydrogen-bond donors (Lipinski definition) is 2. The van der Waals surface area contributed by atoms with E-state index in [0.717, 1.165) is 22.1 Å². The summed E-state index contributed by atoms with van der Waals surface area (Å²) in [6.45, 7) is 0.881. The molecular formula is C20H24N2O4S. The first kappa shape index (κ1) is 20.8. The van der Waals surface area contributed by atoms with Crippen molar-refractivity contribution in [3.05, 3.63) is 76.7 Å². The first-order chi connectivity index (χ1) is 13.0. The number of ether oxygens (including phenoxy) is 1. The highest BCUT2D eigenvalue weighted by Gasteiger charge is 2.08. The van der Waals surface area contributed by atoms with Gasteiger partial charge in [0.1, 0.15) is 0 Å². The minimum absolute atomic E-state index is 0.0347. The molecule has 0 radical (unpaired) electrons. The van der Waals surface area contributed by atoms with E-state index in [0.29, 0.717) is 13.2 Å². The Morgan fingerprint density at radius 3 is 2.41 bits per heavy atom. The number of amides is 1. The Kier molecular flexibility index (Phi) is 8.19. The predicted octanol–water partition coefficient (Wildman–Crippen LogP) is 2.43. The van der Waals surface area contributed by atoms with E-state index in [4.69, 9.17) is 4.74 Å². The van der Waals surface area contributed by atoms with Gasteiger partial charge in [-0.2, -0.15) is 0 Å². The summed E-state index contributed by atoms with van der Waals surface area (Å²) >= 11 is 0. The highest BCUT2D eigenvalue weighted by Crippen LogP contribution is 2.09. The van der Waals surface area contributed by atoms with Gasteiger partial charge in [0.15, 0.2) is 0 Å². The number of methoxy groups -OCH3 is 1. The van der Waals surface area contributed by atoms with Crippen molar-refractivity contribution in [3.8, 4) is 0 Å². The maximum atomic E-state index is 12.0. The van der Waals surface area contributed by atoms with Crippen molar-refractivity contribution in [1.82, 2.24) is 10.0 Å². The Morgan fingerprint density at radius 2 is 1.70 bits per heavy atom. The molecule has 7 heteroatoms. The second-order valence-electron chi connectivity index (χ2n) is 5.88. The van der Waals surface area contributed by atoms with Crippen molar-refractivity contribution < 1.29 is 17.9 Å². The fraction of sp³-hybridized carbons (Fsp3) is 0.250. The number of carbonyl (C=O) groups is 1.